The van der Waals surface area contributed by atoms with Gasteiger partial charge in [-0.25, -0.2) is 5.01 Å². The quantitative estimate of drug-likeness (QED) is 0.608. The van der Waals surface area contributed by atoms with Gasteiger partial charge in [0.25, 0.3) is 5.91 Å². The second-order valence-electron chi connectivity index (χ2n) is 7.39. The van der Waals surface area contributed by atoms with Crippen LogP contribution in [0.2, 0.25) is 0 Å². The number of anilines is 2. The second-order valence-corrected chi connectivity index (χ2v) is 7.39. The van der Waals surface area contributed by atoms with Gasteiger partial charge in [0.05, 0.1) is 16.9 Å². The summed E-state index contributed by atoms with van der Waals surface area (Å²) in [6.07, 6.45) is 1.72. The van der Waals surface area contributed by atoms with E-state index in [-0.39, 0.29) is 5.91 Å². The second kappa shape index (κ2) is 6.88. The van der Waals surface area contributed by atoms with Crippen molar-refractivity contribution in [2.24, 2.45) is 5.10 Å². The molecule has 1 atom stereocenters. The highest BCUT2D eigenvalue weighted by atomic mass is 16.6. The molecular weight excluding hydrogens is 374 g/mol. The van der Waals surface area contributed by atoms with Gasteiger partial charge in [-0.15, -0.1) is 11.7 Å². The van der Waals surface area contributed by atoms with E-state index in [1.165, 1.54) is 0 Å². The molecule has 0 saturated carbocycles. The molecule has 0 fully saturated rings. The van der Waals surface area contributed by atoms with Crippen molar-refractivity contribution in [1.29, 1.82) is 0 Å². The van der Waals surface area contributed by atoms with Crippen LogP contribution in [-0.4, -0.2) is 18.3 Å². The molecule has 30 heavy (non-hydrogen) atoms. The van der Waals surface area contributed by atoms with E-state index in [1.807, 2.05) is 85.8 Å². The Morgan fingerprint density at radius 2 is 1.70 bits per heavy atom. The molecule has 2 aliphatic heterocycles. The van der Waals surface area contributed by atoms with Crippen molar-refractivity contribution in [2.45, 2.75) is 12.6 Å². The predicted molar refractivity (Wildman–Crippen MR) is 118 cm³/mol. The van der Waals surface area contributed by atoms with Gasteiger partial charge in [-0.2, -0.15) is 0 Å². The van der Waals surface area contributed by atoms with E-state index in [0.29, 0.717) is 12.4 Å². The Morgan fingerprint density at radius 3 is 2.43 bits per heavy atom. The number of rotatable bonds is 4. The fraction of sp³-hybridized carbons (Fsp3) is 0.120. The molecule has 1 amide bonds. The number of amides is 1. The van der Waals surface area contributed by atoms with E-state index in [9.17, 15) is 4.79 Å². The first-order chi connectivity index (χ1) is 14.6. The summed E-state index contributed by atoms with van der Waals surface area (Å²) in [6, 6.07) is 25.3. The topological polar surface area (TPSA) is 45.1 Å². The Hall–Kier alpha value is -3.86. The molecule has 0 aromatic heterocycles. The lowest BCUT2D eigenvalue weighted by Gasteiger charge is -2.31. The van der Waals surface area contributed by atoms with Crippen molar-refractivity contribution < 1.29 is 9.53 Å². The first kappa shape index (κ1) is 18.2. The van der Waals surface area contributed by atoms with Gasteiger partial charge in [0.1, 0.15) is 0 Å². The van der Waals surface area contributed by atoms with Crippen molar-refractivity contribution >= 4 is 23.2 Å². The van der Waals surface area contributed by atoms with E-state index in [0.717, 1.165) is 28.1 Å². The Bertz CT molecular complexity index is 1150. The summed E-state index contributed by atoms with van der Waals surface area (Å²) in [7, 11) is 0. The highest BCUT2D eigenvalue weighted by Crippen LogP contribution is 2.49. The number of ether oxygens (including phenoxy) is 1. The van der Waals surface area contributed by atoms with Crippen LogP contribution in [0.4, 0.5) is 11.4 Å². The number of hydrogen-bond acceptors (Lipinski definition) is 4. The maximum atomic E-state index is 13.8. The molecule has 1 unspecified atom stereocenters. The molecule has 5 heteroatoms. The summed E-state index contributed by atoms with van der Waals surface area (Å²) < 4.78 is 6.46. The van der Waals surface area contributed by atoms with Gasteiger partial charge < -0.3 is 9.64 Å². The van der Waals surface area contributed by atoms with Crippen molar-refractivity contribution in [3.8, 4) is 0 Å². The zero-order valence-corrected chi connectivity index (χ0v) is 16.7. The minimum Gasteiger partial charge on any atom is -0.433 e. The van der Waals surface area contributed by atoms with Crippen molar-refractivity contribution in [1.82, 2.24) is 0 Å². The molecule has 1 spiro atoms. The smallest absolute Gasteiger partial charge is 0.311 e. The Labute approximate surface area is 175 Å². The zero-order valence-electron chi connectivity index (χ0n) is 16.7. The van der Waals surface area contributed by atoms with Crippen LogP contribution in [0.15, 0.2) is 96.6 Å². The minimum absolute atomic E-state index is 0.182. The third kappa shape index (κ3) is 2.55. The Kier molecular flexibility index (Phi) is 4.17. The van der Waals surface area contributed by atoms with Gasteiger partial charge >= 0.3 is 5.72 Å². The van der Waals surface area contributed by atoms with E-state index in [1.54, 1.807) is 16.0 Å². The normalized spacial score (nSPS) is 19.6. The monoisotopic (exact) mass is 395 g/mol. The van der Waals surface area contributed by atoms with Crippen molar-refractivity contribution in [3.63, 3.8) is 0 Å². The number of nitrogens with zero attached hydrogens (tertiary/aromatic N) is 3. The average Bonchev–Trinajstić information content (AvgIpc) is 3.29. The number of hydrazone groups is 1. The van der Waals surface area contributed by atoms with E-state index in [2.05, 4.69) is 6.58 Å². The molecule has 3 aromatic rings. The van der Waals surface area contributed by atoms with Crippen molar-refractivity contribution in [3.05, 3.63) is 108 Å². The fourth-order valence-corrected chi connectivity index (χ4v) is 4.00. The third-order valence-electron chi connectivity index (χ3n) is 5.44. The molecule has 0 N–H and O–H groups in total. The molecule has 0 radical (unpaired) electrons. The van der Waals surface area contributed by atoms with E-state index < -0.39 is 5.72 Å². The van der Waals surface area contributed by atoms with Gasteiger partial charge in [-0.1, -0.05) is 60.2 Å². The van der Waals surface area contributed by atoms with Crippen LogP contribution in [0.5, 0.6) is 0 Å². The third-order valence-corrected chi connectivity index (χ3v) is 5.44. The van der Waals surface area contributed by atoms with Crippen LogP contribution in [0.1, 0.15) is 16.7 Å². The highest BCUT2D eigenvalue weighted by Gasteiger charge is 2.61. The first-order valence-corrected chi connectivity index (χ1v) is 9.87. The number of aryl methyl sites for hydroxylation is 1. The lowest BCUT2D eigenvalue weighted by atomic mass is 10.0. The fourth-order valence-electron chi connectivity index (χ4n) is 4.00. The lowest BCUT2D eigenvalue weighted by Crippen LogP contribution is -2.50. The first-order valence-electron chi connectivity index (χ1n) is 9.87. The number of hydrogen-bond donors (Lipinski definition) is 0. The Balaban J connectivity index is 1.72. The number of para-hydroxylation sites is 1. The van der Waals surface area contributed by atoms with Crippen LogP contribution < -0.4 is 9.91 Å². The summed E-state index contributed by atoms with van der Waals surface area (Å²) in [5, 5.41) is 6.50. The molecule has 148 valence electrons. The van der Waals surface area contributed by atoms with Gasteiger partial charge in [-0.05, 0) is 37.3 Å². The maximum absolute atomic E-state index is 13.8. The molecule has 2 aliphatic rings. The maximum Gasteiger partial charge on any atom is 0.311 e. The van der Waals surface area contributed by atoms with E-state index in [4.69, 9.17) is 9.84 Å². The summed E-state index contributed by atoms with van der Waals surface area (Å²) in [5.41, 5.74) is 2.93. The summed E-state index contributed by atoms with van der Waals surface area (Å²) in [4.78, 5) is 15.5. The van der Waals surface area contributed by atoms with Gasteiger partial charge in [0.2, 0.25) is 5.90 Å². The molecule has 0 aliphatic carbocycles. The average molecular weight is 395 g/mol. The molecule has 2 heterocycles. The zero-order chi connectivity index (χ0) is 20.7. The van der Waals surface area contributed by atoms with Crippen LogP contribution in [0.25, 0.3) is 0 Å². The minimum atomic E-state index is -1.39. The molecular formula is C25H21N3O2. The largest absolute Gasteiger partial charge is 0.433 e. The summed E-state index contributed by atoms with van der Waals surface area (Å²) >= 11 is 0. The standard InChI is InChI=1S/C25H21N3O2/c1-3-17-27-22-12-8-7-11-21(22)25(24(27)29)28(20-15-13-18(2)14-16-20)26-23(30-25)19-9-5-4-6-10-19/h3-16H,1,17H2,2H3. The summed E-state index contributed by atoms with van der Waals surface area (Å²) in [5.74, 6) is 0.235. The van der Waals surface area contributed by atoms with Gasteiger partial charge in [-0.3, -0.25) is 4.79 Å². The lowest BCUT2D eigenvalue weighted by molar-refractivity contribution is -0.132. The number of fused-ring (bicyclic) bond motifs is 2. The van der Waals surface area contributed by atoms with Gasteiger partial charge in [0, 0.05) is 12.1 Å². The van der Waals surface area contributed by atoms with Crippen molar-refractivity contribution in [2.75, 3.05) is 16.5 Å². The highest BCUT2D eigenvalue weighted by molar-refractivity contribution is 6.12. The van der Waals surface area contributed by atoms with E-state index >= 15 is 0 Å². The molecule has 0 bridgehead atoms. The number of carbonyl (C=O) groups is 1. The molecule has 0 saturated heterocycles. The molecule has 5 rings (SSSR count). The molecule has 5 nitrogen and oxygen atoms in total. The van der Waals surface area contributed by atoms with Crippen LogP contribution in [0, 0.1) is 6.92 Å². The predicted octanol–water partition coefficient (Wildman–Crippen LogP) is 4.58. The van der Waals surface area contributed by atoms with Crippen LogP contribution in [-0.2, 0) is 15.3 Å². The number of benzene rings is 3. The van der Waals surface area contributed by atoms with Crippen LogP contribution in [0.3, 0.4) is 0 Å². The SMILES string of the molecule is C=CCN1C(=O)C2(OC(c3ccccc3)=NN2c2ccc(C)cc2)c2ccccc21. The molecule has 3 aromatic carbocycles. The number of carbonyl (C=O) groups excluding carboxylic acids is 1. The van der Waals surface area contributed by atoms with Gasteiger partial charge in [0.15, 0.2) is 0 Å². The van der Waals surface area contributed by atoms with Crippen LogP contribution >= 0.6 is 0 Å². The Morgan fingerprint density at radius 1 is 1.00 bits per heavy atom. The summed E-state index contributed by atoms with van der Waals surface area (Å²) in [6.45, 7) is 6.24.